The van der Waals surface area contributed by atoms with Gasteiger partial charge in [-0.2, -0.15) is 0 Å². The highest BCUT2D eigenvalue weighted by atomic mass is 16.4. The second kappa shape index (κ2) is 6.75. The van der Waals surface area contributed by atoms with Gasteiger partial charge in [0, 0.05) is 12.6 Å². The first-order valence-corrected chi connectivity index (χ1v) is 8.15. The number of carboxylic acid groups (broad SMARTS) is 1. The van der Waals surface area contributed by atoms with Gasteiger partial charge in [0.25, 0.3) is 0 Å². The van der Waals surface area contributed by atoms with Crippen LogP contribution in [-0.4, -0.2) is 23.7 Å². The molecule has 0 amide bonds. The topological polar surface area (TPSA) is 49.3 Å². The van der Waals surface area contributed by atoms with Gasteiger partial charge in [0.1, 0.15) is 0 Å². The minimum Gasteiger partial charge on any atom is -0.481 e. The van der Waals surface area contributed by atoms with E-state index in [1.54, 1.807) is 5.57 Å². The first kappa shape index (κ1) is 15.6. The Labute approximate surface area is 122 Å². The van der Waals surface area contributed by atoms with Crippen LogP contribution >= 0.6 is 0 Å². The first-order valence-electron chi connectivity index (χ1n) is 8.15. The molecule has 0 saturated heterocycles. The minimum atomic E-state index is -0.615. The summed E-state index contributed by atoms with van der Waals surface area (Å²) in [6, 6.07) is 0.508. The summed E-state index contributed by atoms with van der Waals surface area (Å²) in [4.78, 5) is 11.0. The van der Waals surface area contributed by atoms with E-state index in [4.69, 9.17) is 5.11 Å². The lowest BCUT2D eigenvalue weighted by Gasteiger charge is -2.34. The van der Waals surface area contributed by atoms with Crippen LogP contribution in [0, 0.1) is 11.3 Å². The fourth-order valence-electron chi connectivity index (χ4n) is 3.51. The van der Waals surface area contributed by atoms with E-state index < -0.39 is 5.97 Å². The molecule has 3 heteroatoms. The summed E-state index contributed by atoms with van der Waals surface area (Å²) in [5.41, 5.74) is 1.85. The van der Waals surface area contributed by atoms with Gasteiger partial charge in [-0.15, -0.1) is 0 Å². The van der Waals surface area contributed by atoms with Gasteiger partial charge in [0.2, 0.25) is 0 Å². The van der Waals surface area contributed by atoms with E-state index in [9.17, 15) is 4.79 Å². The van der Waals surface area contributed by atoms with Crippen LogP contribution in [0.1, 0.15) is 65.2 Å². The molecule has 0 spiro atoms. The molecular weight excluding hydrogens is 250 g/mol. The molecule has 0 aromatic carbocycles. The lowest BCUT2D eigenvalue weighted by atomic mass is 9.78. The third kappa shape index (κ3) is 4.08. The molecule has 3 nitrogen and oxygen atoms in total. The van der Waals surface area contributed by atoms with Crippen LogP contribution < -0.4 is 5.32 Å². The van der Waals surface area contributed by atoms with Crippen LogP contribution in [-0.2, 0) is 4.79 Å². The molecule has 20 heavy (non-hydrogen) atoms. The van der Waals surface area contributed by atoms with Gasteiger partial charge in [-0.25, -0.2) is 0 Å². The summed E-state index contributed by atoms with van der Waals surface area (Å²) in [6.45, 7) is 5.68. The Balaban J connectivity index is 1.77. The molecule has 2 aliphatic carbocycles. The summed E-state index contributed by atoms with van der Waals surface area (Å²) >= 11 is 0. The predicted octanol–water partition coefficient (Wildman–Crippen LogP) is 3.75. The van der Waals surface area contributed by atoms with Gasteiger partial charge >= 0.3 is 5.97 Å². The second-order valence-electron chi connectivity index (χ2n) is 7.13. The Hall–Kier alpha value is -0.830. The SMILES string of the molecule is CC(C)(CNC1CCC(C(=O)O)CC1)C1=CCCCC1. The summed E-state index contributed by atoms with van der Waals surface area (Å²) in [7, 11) is 0. The highest BCUT2D eigenvalue weighted by Gasteiger charge is 2.28. The van der Waals surface area contributed by atoms with Gasteiger partial charge in [0.05, 0.1) is 5.92 Å². The van der Waals surface area contributed by atoms with E-state index in [0.29, 0.717) is 6.04 Å². The summed E-state index contributed by atoms with van der Waals surface area (Å²) in [6.07, 6.45) is 11.3. The van der Waals surface area contributed by atoms with Crippen molar-refractivity contribution in [1.82, 2.24) is 5.32 Å². The normalized spacial score (nSPS) is 28.0. The summed E-state index contributed by atoms with van der Waals surface area (Å²) in [5, 5.41) is 12.7. The molecule has 0 unspecified atom stereocenters. The average molecular weight is 279 g/mol. The summed E-state index contributed by atoms with van der Waals surface area (Å²) in [5.74, 6) is -0.724. The Bertz CT molecular complexity index is 365. The molecule has 1 saturated carbocycles. The Morgan fingerprint density at radius 1 is 1.30 bits per heavy atom. The fourth-order valence-corrected chi connectivity index (χ4v) is 3.51. The molecule has 0 heterocycles. The van der Waals surface area contributed by atoms with Crippen molar-refractivity contribution in [2.45, 2.75) is 71.3 Å². The minimum absolute atomic E-state index is 0.109. The zero-order chi connectivity index (χ0) is 14.6. The van der Waals surface area contributed by atoms with E-state index in [1.807, 2.05) is 0 Å². The van der Waals surface area contributed by atoms with Crippen molar-refractivity contribution in [1.29, 1.82) is 0 Å². The summed E-state index contributed by atoms with van der Waals surface area (Å²) < 4.78 is 0. The molecule has 0 atom stereocenters. The van der Waals surface area contributed by atoms with E-state index in [0.717, 1.165) is 32.2 Å². The third-order valence-electron chi connectivity index (χ3n) is 5.07. The second-order valence-corrected chi connectivity index (χ2v) is 7.13. The van der Waals surface area contributed by atoms with Crippen LogP contribution in [0.4, 0.5) is 0 Å². The number of carboxylic acids is 1. The molecule has 2 aliphatic rings. The molecule has 0 radical (unpaired) electrons. The van der Waals surface area contributed by atoms with E-state index in [2.05, 4.69) is 25.2 Å². The fraction of sp³-hybridized carbons (Fsp3) is 0.824. The number of hydrogen-bond acceptors (Lipinski definition) is 2. The highest BCUT2D eigenvalue weighted by Crippen LogP contribution is 2.34. The molecule has 0 aromatic rings. The molecule has 2 N–H and O–H groups in total. The molecule has 0 bridgehead atoms. The van der Waals surface area contributed by atoms with Crippen LogP contribution in [0.25, 0.3) is 0 Å². The van der Waals surface area contributed by atoms with Gasteiger partial charge in [0.15, 0.2) is 0 Å². The Morgan fingerprint density at radius 2 is 2.00 bits per heavy atom. The lowest BCUT2D eigenvalue weighted by molar-refractivity contribution is -0.142. The predicted molar refractivity (Wildman–Crippen MR) is 81.7 cm³/mol. The number of aliphatic carboxylic acids is 1. The van der Waals surface area contributed by atoms with Gasteiger partial charge in [-0.05, 0) is 56.8 Å². The smallest absolute Gasteiger partial charge is 0.306 e. The molecule has 0 aliphatic heterocycles. The number of allylic oxidation sites excluding steroid dienone is 1. The van der Waals surface area contributed by atoms with Crippen molar-refractivity contribution < 1.29 is 9.90 Å². The van der Waals surface area contributed by atoms with Crippen molar-refractivity contribution in [3.63, 3.8) is 0 Å². The molecule has 1 fully saturated rings. The lowest BCUT2D eigenvalue weighted by Crippen LogP contribution is -2.40. The van der Waals surface area contributed by atoms with Gasteiger partial charge in [-0.3, -0.25) is 4.79 Å². The maximum atomic E-state index is 11.0. The molecule has 0 aromatic heterocycles. The van der Waals surface area contributed by atoms with Crippen molar-refractivity contribution in [3.05, 3.63) is 11.6 Å². The maximum Gasteiger partial charge on any atom is 0.306 e. The average Bonchev–Trinajstić information content (AvgIpc) is 2.46. The number of nitrogens with one attached hydrogen (secondary N) is 1. The maximum absolute atomic E-state index is 11.0. The number of hydrogen-bond donors (Lipinski definition) is 2. The van der Waals surface area contributed by atoms with Crippen LogP contribution in [0.15, 0.2) is 11.6 Å². The van der Waals surface area contributed by atoms with E-state index >= 15 is 0 Å². The number of carbonyl (C=O) groups is 1. The zero-order valence-corrected chi connectivity index (χ0v) is 13.0. The molecular formula is C17H29NO2. The quantitative estimate of drug-likeness (QED) is 0.754. The first-order chi connectivity index (χ1) is 9.49. The zero-order valence-electron chi connectivity index (χ0n) is 13.0. The van der Waals surface area contributed by atoms with Crippen molar-refractivity contribution in [3.8, 4) is 0 Å². The Morgan fingerprint density at radius 3 is 2.55 bits per heavy atom. The largest absolute Gasteiger partial charge is 0.481 e. The number of rotatable bonds is 5. The van der Waals surface area contributed by atoms with Gasteiger partial charge < -0.3 is 10.4 Å². The van der Waals surface area contributed by atoms with Gasteiger partial charge in [-0.1, -0.05) is 25.5 Å². The third-order valence-corrected chi connectivity index (χ3v) is 5.07. The van der Waals surface area contributed by atoms with E-state index in [-0.39, 0.29) is 11.3 Å². The highest BCUT2D eigenvalue weighted by molar-refractivity contribution is 5.70. The van der Waals surface area contributed by atoms with Crippen molar-refractivity contribution in [2.24, 2.45) is 11.3 Å². The molecule has 114 valence electrons. The standard InChI is InChI=1S/C17H29NO2/c1-17(2,14-6-4-3-5-7-14)12-18-15-10-8-13(9-11-15)16(19)20/h6,13,15,18H,3-5,7-12H2,1-2H3,(H,19,20). The van der Waals surface area contributed by atoms with E-state index in [1.165, 1.54) is 25.7 Å². The monoisotopic (exact) mass is 279 g/mol. The van der Waals surface area contributed by atoms with Crippen LogP contribution in [0.3, 0.4) is 0 Å². The van der Waals surface area contributed by atoms with Crippen LogP contribution in [0.2, 0.25) is 0 Å². The van der Waals surface area contributed by atoms with Crippen LogP contribution in [0.5, 0.6) is 0 Å². The van der Waals surface area contributed by atoms with Crippen molar-refractivity contribution >= 4 is 5.97 Å². The Kier molecular flexibility index (Phi) is 5.25. The van der Waals surface area contributed by atoms with Crippen molar-refractivity contribution in [2.75, 3.05) is 6.54 Å². The molecule has 2 rings (SSSR count).